The predicted molar refractivity (Wildman–Crippen MR) is 88.2 cm³/mol. The zero-order valence-electron chi connectivity index (χ0n) is 12.5. The lowest BCUT2D eigenvalue weighted by atomic mass is 10.1. The molecule has 0 aliphatic rings. The molecule has 1 heterocycles. The molecule has 2 rings (SSSR count). The Balaban J connectivity index is 1.71. The molecule has 2 aromatic rings. The Morgan fingerprint density at radius 3 is 2.52 bits per heavy atom. The molecule has 0 bridgehead atoms. The molecule has 0 aliphatic heterocycles. The van der Waals surface area contributed by atoms with Crippen LogP contribution in [-0.4, -0.2) is 28.4 Å². The van der Waals surface area contributed by atoms with E-state index in [9.17, 15) is 4.79 Å². The fourth-order valence-electron chi connectivity index (χ4n) is 1.98. The number of carbonyl (C=O) groups is 1. The molecule has 1 N–H and O–H groups in total. The Hall–Kier alpha value is -1.40. The number of amides is 1. The molecule has 112 valence electrons. The van der Waals surface area contributed by atoms with E-state index in [4.69, 9.17) is 0 Å². The number of rotatable bonds is 6. The minimum Gasteiger partial charge on any atom is -0.352 e. The third-order valence-electron chi connectivity index (χ3n) is 2.82. The van der Waals surface area contributed by atoms with E-state index >= 15 is 0 Å². The Morgan fingerprint density at radius 2 is 1.90 bits per heavy atom. The van der Waals surface area contributed by atoms with Gasteiger partial charge in [0.1, 0.15) is 5.01 Å². The molecule has 1 aromatic carbocycles. The normalized spacial score (nSPS) is 10.6. The summed E-state index contributed by atoms with van der Waals surface area (Å²) in [4.78, 5) is 12.0. The number of carbonyl (C=O) groups excluding carboxylic acids is 1. The smallest absolute Gasteiger partial charge is 0.251 e. The average Bonchev–Trinajstić information content (AvgIpc) is 2.82. The van der Waals surface area contributed by atoms with Gasteiger partial charge in [0.05, 0.1) is 0 Å². The molecule has 6 heteroatoms. The van der Waals surface area contributed by atoms with Crippen LogP contribution in [0.15, 0.2) is 22.5 Å². The topological polar surface area (TPSA) is 54.9 Å². The number of benzene rings is 1. The van der Waals surface area contributed by atoms with Crippen LogP contribution in [0.2, 0.25) is 0 Å². The number of hydrogen-bond donors (Lipinski definition) is 1. The summed E-state index contributed by atoms with van der Waals surface area (Å²) in [7, 11) is 0. The van der Waals surface area contributed by atoms with Crippen LogP contribution < -0.4 is 5.32 Å². The fourth-order valence-corrected chi connectivity index (χ4v) is 3.80. The molecule has 0 atom stereocenters. The van der Waals surface area contributed by atoms with E-state index < -0.39 is 0 Å². The quantitative estimate of drug-likeness (QED) is 0.654. The zero-order chi connectivity index (χ0) is 15.2. The number of nitrogens with zero attached hydrogens (tertiary/aromatic N) is 2. The fraction of sp³-hybridized carbons (Fsp3) is 0.400. The Kier molecular flexibility index (Phi) is 5.76. The maximum atomic E-state index is 12.0. The summed E-state index contributed by atoms with van der Waals surface area (Å²) in [5.74, 6) is 0.931. The molecule has 1 amide bonds. The molecule has 0 unspecified atom stereocenters. The van der Waals surface area contributed by atoms with E-state index in [2.05, 4.69) is 21.6 Å². The molecule has 0 spiro atoms. The van der Waals surface area contributed by atoms with Crippen molar-refractivity contribution < 1.29 is 4.79 Å². The molecular weight excluding hydrogens is 302 g/mol. The van der Waals surface area contributed by atoms with Gasteiger partial charge in [-0.25, -0.2) is 0 Å². The molecule has 0 saturated carbocycles. The van der Waals surface area contributed by atoms with Crippen LogP contribution in [0.4, 0.5) is 0 Å². The van der Waals surface area contributed by atoms with Crippen LogP contribution >= 0.6 is 23.1 Å². The first kappa shape index (κ1) is 16.0. The number of nitrogens with one attached hydrogen (secondary N) is 1. The van der Waals surface area contributed by atoms with Crippen LogP contribution in [0.25, 0.3) is 0 Å². The summed E-state index contributed by atoms with van der Waals surface area (Å²) in [5.41, 5.74) is 2.96. The molecular formula is C15H19N3OS2. The van der Waals surface area contributed by atoms with Crippen molar-refractivity contribution in [2.75, 3.05) is 12.3 Å². The average molecular weight is 321 g/mol. The van der Waals surface area contributed by atoms with Crippen LogP contribution in [0.1, 0.15) is 32.9 Å². The first-order chi connectivity index (χ1) is 10.0. The zero-order valence-corrected chi connectivity index (χ0v) is 14.1. The Morgan fingerprint density at radius 1 is 1.19 bits per heavy atom. The molecule has 21 heavy (non-hydrogen) atoms. The van der Waals surface area contributed by atoms with E-state index in [-0.39, 0.29) is 5.91 Å². The van der Waals surface area contributed by atoms with Crippen molar-refractivity contribution in [1.29, 1.82) is 0 Å². The van der Waals surface area contributed by atoms with Gasteiger partial charge in [-0.15, -0.1) is 10.2 Å². The van der Waals surface area contributed by atoms with Gasteiger partial charge in [-0.05, 0) is 39.3 Å². The van der Waals surface area contributed by atoms with Crippen LogP contribution in [-0.2, 0) is 0 Å². The van der Waals surface area contributed by atoms with Crippen LogP contribution in [0.3, 0.4) is 0 Å². The maximum absolute atomic E-state index is 12.0. The highest BCUT2D eigenvalue weighted by Gasteiger charge is 2.06. The number of thioether (sulfide) groups is 1. The van der Waals surface area contributed by atoms with Gasteiger partial charge in [0.2, 0.25) is 0 Å². The highest BCUT2D eigenvalue weighted by Crippen LogP contribution is 2.22. The third kappa shape index (κ3) is 5.13. The largest absolute Gasteiger partial charge is 0.352 e. The second kappa shape index (κ2) is 7.56. The first-order valence-corrected chi connectivity index (χ1v) is 8.64. The van der Waals surface area contributed by atoms with E-state index in [1.807, 2.05) is 32.9 Å². The molecule has 1 aromatic heterocycles. The lowest BCUT2D eigenvalue weighted by molar-refractivity contribution is 0.0953. The van der Waals surface area contributed by atoms with E-state index in [0.717, 1.165) is 38.2 Å². The number of hydrogen-bond acceptors (Lipinski definition) is 5. The van der Waals surface area contributed by atoms with Crippen LogP contribution in [0.5, 0.6) is 0 Å². The number of aryl methyl sites for hydroxylation is 3. The van der Waals surface area contributed by atoms with Gasteiger partial charge in [-0.3, -0.25) is 4.79 Å². The molecule has 0 radical (unpaired) electrons. The third-order valence-corrected chi connectivity index (χ3v) is 4.88. The van der Waals surface area contributed by atoms with Crippen LogP contribution in [0, 0.1) is 20.8 Å². The molecule has 0 saturated heterocycles. The van der Waals surface area contributed by atoms with Crippen molar-refractivity contribution in [2.45, 2.75) is 31.5 Å². The summed E-state index contributed by atoms with van der Waals surface area (Å²) in [6, 6.07) is 5.90. The van der Waals surface area contributed by atoms with Crippen molar-refractivity contribution in [3.63, 3.8) is 0 Å². The Labute approximate surface area is 133 Å². The minimum absolute atomic E-state index is 0.00133. The van der Waals surface area contributed by atoms with Gasteiger partial charge >= 0.3 is 0 Å². The monoisotopic (exact) mass is 321 g/mol. The van der Waals surface area contributed by atoms with E-state index in [1.165, 1.54) is 0 Å². The molecule has 4 nitrogen and oxygen atoms in total. The van der Waals surface area contributed by atoms with Gasteiger partial charge in [-0.2, -0.15) is 0 Å². The second-order valence-corrected chi connectivity index (χ2v) is 7.44. The van der Waals surface area contributed by atoms with E-state index in [0.29, 0.717) is 6.54 Å². The molecule has 0 aliphatic carbocycles. The van der Waals surface area contributed by atoms with Crippen molar-refractivity contribution in [2.24, 2.45) is 0 Å². The van der Waals surface area contributed by atoms with Crippen molar-refractivity contribution in [3.8, 4) is 0 Å². The summed E-state index contributed by atoms with van der Waals surface area (Å²) in [6.45, 7) is 6.64. The standard InChI is InChI=1S/C15H19N3OS2/c1-10-7-11(2)9-13(8-10)14(19)16-5-4-6-20-15-18-17-12(3)21-15/h7-9H,4-6H2,1-3H3,(H,16,19). The van der Waals surface area contributed by atoms with Gasteiger partial charge in [0.15, 0.2) is 4.34 Å². The highest BCUT2D eigenvalue weighted by atomic mass is 32.2. The van der Waals surface area contributed by atoms with Gasteiger partial charge in [0.25, 0.3) is 5.91 Å². The lowest BCUT2D eigenvalue weighted by Gasteiger charge is -2.06. The lowest BCUT2D eigenvalue weighted by Crippen LogP contribution is -2.24. The van der Waals surface area contributed by atoms with Crippen molar-refractivity contribution >= 4 is 29.0 Å². The first-order valence-electron chi connectivity index (χ1n) is 6.84. The summed E-state index contributed by atoms with van der Waals surface area (Å²) in [6.07, 6.45) is 0.917. The highest BCUT2D eigenvalue weighted by molar-refractivity contribution is 8.01. The SMILES string of the molecule is Cc1cc(C)cc(C(=O)NCCCSc2nnc(C)s2)c1. The predicted octanol–water partition coefficient (Wildman–Crippen LogP) is 3.38. The van der Waals surface area contributed by atoms with Crippen molar-refractivity contribution in [3.05, 3.63) is 39.9 Å². The van der Waals surface area contributed by atoms with Gasteiger partial charge in [-0.1, -0.05) is 40.3 Å². The minimum atomic E-state index is -0.00133. The van der Waals surface area contributed by atoms with Gasteiger partial charge < -0.3 is 5.32 Å². The summed E-state index contributed by atoms with van der Waals surface area (Å²) >= 11 is 3.29. The molecule has 0 fully saturated rings. The van der Waals surface area contributed by atoms with E-state index in [1.54, 1.807) is 23.1 Å². The Bertz CT molecular complexity index is 605. The second-order valence-electron chi connectivity index (χ2n) is 4.92. The maximum Gasteiger partial charge on any atom is 0.251 e. The summed E-state index contributed by atoms with van der Waals surface area (Å²) in [5, 5.41) is 12.0. The summed E-state index contributed by atoms with van der Waals surface area (Å²) < 4.78 is 0.994. The van der Waals surface area contributed by atoms with Crippen molar-refractivity contribution in [1.82, 2.24) is 15.5 Å². The number of aromatic nitrogens is 2. The van der Waals surface area contributed by atoms with Gasteiger partial charge in [0, 0.05) is 17.9 Å².